The van der Waals surface area contributed by atoms with Crippen molar-refractivity contribution in [2.75, 3.05) is 13.6 Å². The van der Waals surface area contributed by atoms with Crippen molar-refractivity contribution in [2.45, 2.75) is 33.6 Å². The lowest BCUT2D eigenvalue weighted by Gasteiger charge is -2.26. The summed E-state index contributed by atoms with van der Waals surface area (Å²) in [5, 5.41) is 0. The second kappa shape index (κ2) is 4.69. The zero-order chi connectivity index (χ0) is 8.04. The summed E-state index contributed by atoms with van der Waals surface area (Å²) in [5.41, 5.74) is 6.54. The monoisotopic (exact) mass is 144 g/mol. The highest BCUT2D eigenvalue weighted by atomic mass is 15.3. The van der Waals surface area contributed by atoms with E-state index in [1.807, 2.05) is 7.05 Å². The quantitative estimate of drug-likeness (QED) is 0.572. The van der Waals surface area contributed by atoms with Gasteiger partial charge in [-0.3, -0.25) is 10.9 Å². The normalized spacial score (nSPS) is 12.0. The fourth-order valence-corrected chi connectivity index (χ4v) is 0.802. The molecule has 0 rings (SSSR count). The average molecular weight is 144 g/mol. The molecule has 10 heavy (non-hydrogen) atoms. The molecule has 0 atom stereocenters. The Bertz CT molecular complexity index is 77.3. The molecule has 62 valence electrons. The molecule has 0 amide bonds. The van der Waals surface area contributed by atoms with E-state index in [-0.39, 0.29) is 0 Å². The van der Waals surface area contributed by atoms with E-state index in [4.69, 9.17) is 0 Å². The number of hydrogen-bond donors (Lipinski definition) is 2. The Morgan fingerprint density at radius 3 is 2.00 bits per heavy atom. The van der Waals surface area contributed by atoms with E-state index >= 15 is 0 Å². The van der Waals surface area contributed by atoms with Crippen LogP contribution in [0.15, 0.2) is 0 Å². The van der Waals surface area contributed by atoms with Crippen molar-refractivity contribution in [1.82, 2.24) is 10.9 Å². The lowest BCUT2D eigenvalue weighted by Crippen LogP contribution is -2.37. The van der Waals surface area contributed by atoms with Gasteiger partial charge in [0.1, 0.15) is 0 Å². The van der Waals surface area contributed by atoms with Gasteiger partial charge >= 0.3 is 0 Å². The van der Waals surface area contributed by atoms with Crippen LogP contribution in [0.5, 0.6) is 0 Å². The van der Waals surface area contributed by atoms with Gasteiger partial charge in [0, 0.05) is 6.54 Å². The molecule has 0 saturated heterocycles. The largest absolute Gasteiger partial charge is 0.261 e. The summed E-state index contributed by atoms with van der Waals surface area (Å²) in [4.78, 5) is 0. The minimum atomic E-state index is 0.461. The summed E-state index contributed by atoms with van der Waals surface area (Å²) in [7, 11) is 1.91. The SMILES string of the molecule is CCC(C)(CC)CNNC. The molecular formula is C8H20N2. The maximum absolute atomic E-state index is 3.14. The van der Waals surface area contributed by atoms with Gasteiger partial charge in [-0.25, -0.2) is 0 Å². The summed E-state index contributed by atoms with van der Waals surface area (Å²) < 4.78 is 0. The highest BCUT2D eigenvalue weighted by molar-refractivity contribution is 4.71. The third-order valence-corrected chi connectivity index (χ3v) is 2.40. The summed E-state index contributed by atoms with van der Waals surface area (Å²) in [5.74, 6) is 0. The lowest BCUT2D eigenvalue weighted by molar-refractivity contribution is 0.270. The molecule has 0 bridgehead atoms. The molecule has 2 nitrogen and oxygen atoms in total. The van der Waals surface area contributed by atoms with Crippen LogP contribution in [-0.2, 0) is 0 Å². The van der Waals surface area contributed by atoms with Crippen molar-refractivity contribution in [2.24, 2.45) is 5.41 Å². The molecule has 0 saturated carbocycles. The van der Waals surface area contributed by atoms with Crippen molar-refractivity contribution in [3.63, 3.8) is 0 Å². The molecule has 0 aliphatic heterocycles. The number of rotatable bonds is 5. The van der Waals surface area contributed by atoms with Gasteiger partial charge in [0.05, 0.1) is 0 Å². The van der Waals surface area contributed by atoms with Crippen molar-refractivity contribution in [3.8, 4) is 0 Å². The van der Waals surface area contributed by atoms with E-state index in [1.165, 1.54) is 12.8 Å². The maximum Gasteiger partial charge on any atom is 0.0153 e. The van der Waals surface area contributed by atoms with Gasteiger partial charge in [-0.05, 0) is 25.3 Å². The smallest absolute Gasteiger partial charge is 0.0153 e. The molecule has 0 aromatic heterocycles. The summed E-state index contributed by atoms with van der Waals surface area (Å²) in [6.45, 7) is 7.83. The standard InChI is InChI=1S/C8H20N2/c1-5-8(3,6-2)7-10-9-4/h9-10H,5-7H2,1-4H3. The zero-order valence-electron chi connectivity index (χ0n) is 7.62. The first-order valence-corrected chi connectivity index (χ1v) is 4.08. The first kappa shape index (κ1) is 9.92. The number of hydrazine groups is 1. The number of hydrogen-bond acceptors (Lipinski definition) is 2. The molecular weight excluding hydrogens is 124 g/mol. The second-order valence-electron chi connectivity index (χ2n) is 3.12. The maximum atomic E-state index is 3.14. The lowest BCUT2D eigenvalue weighted by atomic mass is 9.85. The van der Waals surface area contributed by atoms with Gasteiger partial charge in [-0.1, -0.05) is 20.8 Å². The van der Waals surface area contributed by atoms with Gasteiger partial charge in [0.25, 0.3) is 0 Å². The van der Waals surface area contributed by atoms with Crippen LogP contribution < -0.4 is 10.9 Å². The van der Waals surface area contributed by atoms with Crippen molar-refractivity contribution < 1.29 is 0 Å². The molecule has 0 aromatic carbocycles. The molecule has 0 heterocycles. The molecule has 0 radical (unpaired) electrons. The zero-order valence-corrected chi connectivity index (χ0v) is 7.62. The van der Waals surface area contributed by atoms with Gasteiger partial charge in [-0.15, -0.1) is 0 Å². The van der Waals surface area contributed by atoms with Crippen molar-refractivity contribution >= 4 is 0 Å². The van der Waals surface area contributed by atoms with E-state index in [9.17, 15) is 0 Å². The molecule has 0 fully saturated rings. The van der Waals surface area contributed by atoms with Gasteiger partial charge in [0.2, 0.25) is 0 Å². The van der Waals surface area contributed by atoms with Gasteiger partial charge < -0.3 is 0 Å². The Labute approximate surface area is 64.4 Å². The first-order valence-electron chi connectivity index (χ1n) is 4.08. The average Bonchev–Trinajstić information content (AvgIpc) is 2.00. The third kappa shape index (κ3) is 3.18. The summed E-state index contributed by atoms with van der Waals surface area (Å²) in [6, 6.07) is 0. The Morgan fingerprint density at radius 1 is 1.20 bits per heavy atom. The van der Waals surface area contributed by atoms with Crippen LogP contribution in [0.2, 0.25) is 0 Å². The van der Waals surface area contributed by atoms with Crippen LogP contribution in [0.25, 0.3) is 0 Å². The van der Waals surface area contributed by atoms with Crippen LogP contribution in [0.3, 0.4) is 0 Å². The van der Waals surface area contributed by atoms with E-state index < -0.39 is 0 Å². The van der Waals surface area contributed by atoms with Crippen molar-refractivity contribution in [1.29, 1.82) is 0 Å². The predicted molar refractivity (Wildman–Crippen MR) is 45.8 cm³/mol. The molecule has 0 aliphatic carbocycles. The molecule has 0 unspecified atom stereocenters. The minimum absolute atomic E-state index is 0.461. The Morgan fingerprint density at radius 2 is 1.70 bits per heavy atom. The Hall–Kier alpha value is -0.0800. The van der Waals surface area contributed by atoms with Crippen molar-refractivity contribution in [3.05, 3.63) is 0 Å². The van der Waals surface area contributed by atoms with Crippen LogP contribution in [-0.4, -0.2) is 13.6 Å². The van der Waals surface area contributed by atoms with E-state index in [1.54, 1.807) is 0 Å². The van der Waals surface area contributed by atoms with Gasteiger partial charge in [0.15, 0.2) is 0 Å². The van der Waals surface area contributed by atoms with Crippen LogP contribution in [0, 0.1) is 5.41 Å². The Kier molecular flexibility index (Phi) is 4.65. The fourth-order valence-electron chi connectivity index (χ4n) is 0.802. The highest BCUT2D eigenvalue weighted by Crippen LogP contribution is 2.23. The topological polar surface area (TPSA) is 24.1 Å². The molecule has 0 spiro atoms. The first-order chi connectivity index (χ1) is 4.68. The highest BCUT2D eigenvalue weighted by Gasteiger charge is 2.17. The minimum Gasteiger partial charge on any atom is -0.261 e. The van der Waals surface area contributed by atoms with Gasteiger partial charge in [-0.2, -0.15) is 0 Å². The van der Waals surface area contributed by atoms with Crippen LogP contribution in [0.4, 0.5) is 0 Å². The predicted octanol–water partition coefficient (Wildman–Crippen LogP) is 1.54. The molecule has 0 aliphatic rings. The summed E-state index contributed by atoms with van der Waals surface area (Å²) >= 11 is 0. The molecule has 2 N–H and O–H groups in total. The third-order valence-electron chi connectivity index (χ3n) is 2.40. The second-order valence-corrected chi connectivity index (χ2v) is 3.12. The van der Waals surface area contributed by atoms with E-state index in [0.29, 0.717) is 5.41 Å². The van der Waals surface area contributed by atoms with Crippen LogP contribution in [0.1, 0.15) is 33.6 Å². The molecule has 0 aromatic rings. The summed E-state index contributed by atoms with van der Waals surface area (Å²) in [6.07, 6.45) is 2.47. The Balaban J connectivity index is 3.58. The van der Waals surface area contributed by atoms with E-state index in [2.05, 4.69) is 31.6 Å². The van der Waals surface area contributed by atoms with Crippen LogP contribution >= 0.6 is 0 Å². The fraction of sp³-hybridized carbons (Fsp3) is 1.00. The molecule has 2 heteroatoms. The van der Waals surface area contributed by atoms with E-state index in [0.717, 1.165) is 6.54 Å². The number of nitrogens with one attached hydrogen (secondary N) is 2.